The first-order valence-electron chi connectivity index (χ1n) is 7.18. The zero-order valence-corrected chi connectivity index (χ0v) is 11.9. The number of likely N-dealkylation sites (tertiary alicyclic amines) is 1. The van der Waals surface area contributed by atoms with Crippen LogP contribution < -0.4 is 5.73 Å². The second-order valence-corrected chi connectivity index (χ2v) is 5.79. The van der Waals surface area contributed by atoms with Gasteiger partial charge in [-0.25, -0.2) is 0 Å². The van der Waals surface area contributed by atoms with E-state index < -0.39 is 0 Å². The van der Waals surface area contributed by atoms with E-state index in [0.29, 0.717) is 12.5 Å². The van der Waals surface area contributed by atoms with E-state index in [1.165, 1.54) is 0 Å². The summed E-state index contributed by atoms with van der Waals surface area (Å²) in [6.45, 7) is 5.28. The molecule has 0 aliphatic carbocycles. The standard InChI is InChI=1S/C16H24N2O/c1-12-8-9-18(13(2)10-12)16(19)11-15(17)14-6-4-3-5-7-14/h3-7,12-13,15H,8-11,17H2,1-2H3. The fourth-order valence-electron chi connectivity index (χ4n) is 2.90. The topological polar surface area (TPSA) is 46.3 Å². The molecule has 0 spiro atoms. The van der Waals surface area contributed by atoms with Crippen LogP contribution in [0.5, 0.6) is 0 Å². The van der Waals surface area contributed by atoms with Gasteiger partial charge in [-0.3, -0.25) is 4.79 Å². The molecule has 0 saturated carbocycles. The largest absolute Gasteiger partial charge is 0.340 e. The second kappa shape index (κ2) is 6.20. The van der Waals surface area contributed by atoms with Crippen molar-refractivity contribution in [3.05, 3.63) is 35.9 Å². The molecule has 1 aromatic carbocycles. The van der Waals surface area contributed by atoms with Gasteiger partial charge in [0.2, 0.25) is 5.91 Å². The summed E-state index contributed by atoms with van der Waals surface area (Å²) in [5.41, 5.74) is 7.16. The fourth-order valence-corrected chi connectivity index (χ4v) is 2.90. The van der Waals surface area contributed by atoms with Crippen LogP contribution in [0.3, 0.4) is 0 Å². The van der Waals surface area contributed by atoms with E-state index in [9.17, 15) is 4.79 Å². The number of piperidine rings is 1. The highest BCUT2D eigenvalue weighted by Gasteiger charge is 2.27. The van der Waals surface area contributed by atoms with Crippen molar-refractivity contribution < 1.29 is 4.79 Å². The third-order valence-electron chi connectivity index (χ3n) is 4.08. The van der Waals surface area contributed by atoms with Crippen molar-refractivity contribution in [1.29, 1.82) is 0 Å². The molecule has 1 aliphatic heterocycles. The highest BCUT2D eigenvalue weighted by atomic mass is 16.2. The molecular weight excluding hydrogens is 236 g/mol. The van der Waals surface area contributed by atoms with E-state index in [-0.39, 0.29) is 11.9 Å². The van der Waals surface area contributed by atoms with E-state index in [0.717, 1.165) is 30.9 Å². The van der Waals surface area contributed by atoms with E-state index >= 15 is 0 Å². The molecule has 3 atom stereocenters. The van der Waals surface area contributed by atoms with E-state index in [4.69, 9.17) is 5.73 Å². The Kier molecular flexibility index (Phi) is 4.59. The summed E-state index contributed by atoms with van der Waals surface area (Å²) in [5.74, 6) is 0.914. The van der Waals surface area contributed by atoms with Crippen LogP contribution >= 0.6 is 0 Å². The van der Waals surface area contributed by atoms with Gasteiger partial charge in [0.05, 0.1) is 0 Å². The highest BCUT2D eigenvalue weighted by molar-refractivity contribution is 5.77. The number of hydrogen-bond acceptors (Lipinski definition) is 2. The van der Waals surface area contributed by atoms with Crippen LogP contribution in [-0.2, 0) is 4.79 Å². The predicted octanol–water partition coefficient (Wildman–Crippen LogP) is 2.72. The van der Waals surface area contributed by atoms with Gasteiger partial charge in [0.25, 0.3) is 0 Å². The molecule has 0 bridgehead atoms. The normalized spacial score (nSPS) is 25.1. The number of carbonyl (C=O) groups excluding carboxylic acids is 1. The lowest BCUT2D eigenvalue weighted by Gasteiger charge is -2.37. The van der Waals surface area contributed by atoms with Crippen LogP contribution in [-0.4, -0.2) is 23.4 Å². The Bertz CT molecular complexity index is 418. The van der Waals surface area contributed by atoms with E-state index in [1.54, 1.807) is 0 Å². The molecule has 2 rings (SSSR count). The second-order valence-electron chi connectivity index (χ2n) is 5.79. The summed E-state index contributed by atoms with van der Waals surface area (Å²) in [7, 11) is 0. The Balaban J connectivity index is 1.94. The van der Waals surface area contributed by atoms with Crippen molar-refractivity contribution in [2.45, 2.75) is 45.2 Å². The van der Waals surface area contributed by atoms with Gasteiger partial charge in [-0.05, 0) is 31.2 Å². The zero-order valence-electron chi connectivity index (χ0n) is 11.9. The third kappa shape index (κ3) is 3.57. The Morgan fingerprint density at radius 3 is 2.68 bits per heavy atom. The van der Waals surface area contributed by atoms with Gasteiger partial charge < -0.3 is 10.6 Å². The molecular formula is C16H24N2O. The van der Waals surface area contributed by atoms with Gasteiger partial charge in [-0.15, -0.1) is 0 Å². The molecule has 19 heavy (non-hydrogen) atoms. The summed E-state index contributed by atoms with van der Waals surface area (Å²) < 4.78 is 0. The Labute approximate surface area is 115 Å². The molecule has 0 radical (unpaired) electrons. The summed E-state index contributed by atoms with van der Waals surface area (Å²) in [4.78, 5) is 14.3. The van der Waals surface area contributed by atoms with Gasteiger partial charge in [-0.2, -0.15) is 0 Å². The quantitative estimate of drug-likeness (QED) is 0.908. The molecule has 1 aliphatic rings. The lowest BCUT2D eigenvalue weighted by Crippen LogP contribution is -2.45. The molecule has 104 valence electrons. The van der Waals surface area contributed by atoms with Gasteiger partial charge in [0.15, 0.2) is 0 Å². The lowest BCUT2D eigenvalue weighted by atomic mass is 9.92. The van der Waals surface area contributed by atoms with Gasteiger partial charge >= 0.3 is 0 Å². The average molecular weight is 260 g/mol. The van der Waals surface area contributed by atoms with Crippen molar-refractivity contribution >= 4 is 5.91 Å². The van der Waals surface area contributed by atoms with Crippen LogP contribution in [0.2, 0.25) is 0 Å². The molecule has 3 unspecified atom stereocenters. The predicted molar refractivity (Wildman–Crippen MR) is 77.6 cm³/mol. The average Bonchev–Trinajstić information content (AvgIpc) is 2.39. The maximum Gasteiger partial charge on any atom is 0.224 e. The third-order valence-corrected chi connectivity index (χ3v) is 4.08. The Morgan fingerprint density at radius 1 is 1.37 bits per heavy atom. The number of hydrogen-bond donors (Lipinski definition) is 1. The molecule has 1 aromatic rings. The molecule has 3 heteroatoms. The fraction of sp³-hybridized carbons (Fsp3) is 0.562. The minimum absolute atomic E-state index is 0.191. The summed E-state index contributed by atoms with van der Waals surface area (Å²) in [5, 5.41) is 0. The first-order valence-corrected chi connectivity index (χ1v) is 7.18. The molecule has 2 N–H and O–H groups in total. The molecule has 1 saturated heterocycles. The van der Waals surface area contributed by atoms with Gasteiger partial charge in [-0.1, -0.05) is 37.3 Å². The van der Waals surface area contributed by atoms with Crippen molar-refractivity contribution in [3.8, 4) is 0 Å². The summed E-state index contributed by atoms with van der Waals surface area (Å²) in [6.07, 6.45) is 2.62. The lowest BCUT2D eigenvalue weighted by molar-refractivity contribution is -0.135. The Morgan fingerprint density at radius 2 is 2.05 bits per heavy atom. The number of rotatable bonds is 3. The summed E-state index contributed by atoms with van der Waals surface area (Å²) in [6, 6.07) is 10.0. The smallest absolute Gasteiger partial charge is 0.224 e. The van der Waals surface area contributed by atoms with Crippen LogP contribution in [0.4, 0.5) is 0 Å². The van der Waals surface area contributed by atoms with E-state index in [1.807, 2.05) is 35.2 Å². The maximum atomic E-state index is 12.3. The van der Waals surface area contributed by atoms with Crippen molar-refractivity contribution in [2.75, 3.05) is 6.54 Å². The van der Waals surface area contributed by atoms with E-state index in [2.05, 4.69) is 13.8 Å². The molecule has 1 heterocycles. The zero-order chi connectivity index (χ0) is 13.8. The SMILES string of the molecule is CC1CCN(C(=O)CC(N)c2ccccc2)C(C)C1. The highest BCUT2D eigenvalue weighted by Crippen LogP contribution is 2.24. The number of nitrogens with two attached hydrogens (primary N) is 1. The molecule has 1 amide bonds. The van der Waals surface area contributed by atoms with Gasteiger partial charge in [0.1, 0.15) is 0 Å². The van der Waals surface area contributed by atoms with Crippen molar-refractivity contribution in [2.24, 2.45) is 11.7 Å². The first-order chi connectivity index (χ1) is 9.08. The minimum atomic E-state index is -0.194. The van der Waals surface area contributed by atoms with Crippen molar-refractivity contribution in [3.63, 3.8) is 0 Å². The van der Waals surface area contributed by atoms with Crippen molar-refractivity contribution in [1.82, 2.24) is 4.90 Å². The number of benzene rings is 1. The van der Waals surface area contributed by atoms with Gasteiger partial charge in [0, 0.05) is 25.0 Å². The minimum Gasteiger partial charge on any atom is -0.340 e. The number of nitrogens with zero attached hydrogens (tertiary/aromatic N) is 1. The van der Waals surface area contributed by atoms with Crippen LogP contribution in [0.15, 0.2) is 30.3 Å². The maximum absolute atomic E-state index is 12.3. The first kappa shape index (κ1) is 14.1. The number of amides is 1. The monoisotopic (exact) mass is 260 g/mol. The van der Waals surface area contributed by atoms with Crippen LogP contribution in [0, 0.1) is 5.92 Å². The molecule has 3 nitrogen and oxygen atoms in total. The number of carbonyl (C=O) groups is 1. The van der Waals surface area contributed by atoms with Crippen LogP contribution in [0.25, 0.3) is 0 Å². The molecule has 0 aromatic heterocycles. The van der Waals surface area contributed by atoms with Crippen LogP contribution in [0.1, 0.15) is 44.7 Å². The Hall–Kier alpha value is -1.35. The molecule has 1 fully saturated rings. The summed E-state index contributed by atoms with van der Waals surface area (Å²) >= 11 is 0.